The van der Waals surface area contributed by atoms with E-state index in [1.165, 1.54) is 6.07 Å². The van der Waals surface area contributed by atoms with Crippen molar-refractivity contribution in [3.63, 3.8) is 0 Å². The van der Waals surface area contributed by atoms with E-state index in [9.17, 15) is 9.18 Å². The zero-order valence-electron chi connectivity index (χ0n) is 10.7. The maximum Gasteiger partial charge on any atom is 0.276 e. The molecule has 0 aliphatic heterocycles. The van der Waals surface area contributed by atoms with Gasteiger partial charge in [-0.05, 0) is 12.1 Å². The molecule has 20 heavy (non-hydrogen) atoms. The van der Waals surface area contributed by atoms with Crippen LogP contribution in [0.3, 0.4) is 0 Å². The number of anilines is 1. The van der Waals surface area contributed by atoms with Crippen molar-refractivity contribution in [1.29, 1.82) is 0 Å². The first-order valence-corrected chi connectivity index (χ1v) is 5.99. The number of para-hydroxylation sites is 1. The number of carbonyl (C=O) groups is 1. The molecule has 1 amide bonds. The average molecular weight is 270 g/mol. The van der Waals surface area contributed by atoms with E-state index in [0.717, 1.165) is 0 Å². The van der Waals surface area contributed by atoms with Crippen LogP contribution >= 0.6 is 0 Å². The quantitative estimate of drug-likeness (QED) is 0.777. The van der Waals surface area contributed by atoms with Crippen LogP contribution in [0.25, 0.3) is 10.9 Å². The number of hydrogen-bond donors (Lipinski definition) is 1. The fourth-order valence-electron chi connectivity index (χ4n) is 1.89. The molecular weight excluding hydrogens is 259 g/mol. The monoisotopic (exact) mass is 270 g/mol. The molecule has 0 aliphatic rings. The number of imidazole rings is 1. The number of carbonyl (C=O) groups excluding carboxylic acids is 1. The van der Waals surface area contributed by atoms with Gasteiger partial charge in [0.1, 0.15) is 17.0 Å². The van der Waals surface area contributed by atoms with Crippen molar-refractivity contribution in [2.24, 2.45) is 7.05 Å². The summed E-state index contributed by atoms with van der Waals surface area (Å²) in [6, 6.07) is 7.88. The SMILES string of the molecule is Cn1ccnc1NC(=O)c1ccc2cccc(F)c2n1. The van der Waals surface area contributed by atoms with Crippen molar-refractivity contribution in [2.75, 3.05) is 5.32 Å². The number of rotatable bonds is 2. The largest absolute Gasteiger partial charge is 0.320 e. The molecule has 0 saturated heterocycles. The molecule has 0 fully saturated rings. The molecule has 0 aliphatic carbocycles. The zero-order valence-corrected chi connectivity index (χ0v) is 10.7. The van der Waals surface area contributed by atoms with Crippen LogP contribution in [0.15, 0.2) is 42.7 Å². The molecule has 0 bridgehead atoms. The van der Waals surface area contributed by atoms with E-state index in [4.69, 9.17) is 0 Å². The van der Waals surface area contributed by atoms with Crippen LogP contribution in [0.1, 0.15) is 10.5 Å². The molecule has 6 heteroatoms. The van der Waals surface area contributed by atoms with E-state index in [1.807, 2.05) is 0 Å². The van der Waals surface area contributed by atoms with Gasteiger partial charge in [0.15, 0.2) is 0 Å². The van der Waals surface area contributed by atoms with Crippen LogP contribution in [-0.2, 0) is 7.05 Å². The Kier molecular flexibility index (Phi) is 2.90. The molecule has 2 heterocycles. The number of aryl methyl sites for hydroxylation is 1. The van der Waals surface area contributed by atoms with Gasteiger partial charge in [0.25, 0.3) is 5.91 Å². The van der Waals surface area contributed by atoms with Gasteiger partial charge in [0.2, 0.25) is 5.95 Å². The van der Waals surface area contributed by atoms with Crippen molar-refractivity contribution < 1.29 is 9.18 Å². The molecule has 0 unspecified atom stereocenters. The van der Waals surface area contributed by atoms with Gasteiger partial charge in [-0.1, -0.05) is 18.2 Å². The Morgan fingerprint density at radius 3 is 2.90 bits per heavy atom. The molecule has 0 atom stereocenters. The first-order chi connectivity index (χ1) is 9.65. The molecule has 2 aromatic heterocycles. The van der Waals surface area contributed by atoms with Crippen LogP contribution in [0.2, 0.25) is 0 Å². The highest BCUT2D eigenvalue weighted by molar-refractivity contribution is 6.03. The second kappa shape index (κ2) is 4.73. The van der Waals surface area contributed by atoms with E-state index >= 15 is 0 Å². The van der Waals surface area contributed by atoms with Gasteiger partial charge in [-0.25, -0.2) is 14.4 Å². The topological polar surface area (TPSA) is 59.8 Å². The molecular formula is C14H11FN4O. The molecule has 0 spiro atoms. The summed E-state index contributed by atoms with van der Waals surface area (Å²) >= 11 is 0. The van der Waals surface area contributed by atoms with Gasteiger partial charge >= 0.3 is 0 Å². The summed E-state index contributed by atoms with van der Waals surface area (Å²) in [5, 5.41) is 3.27. The number of halogens is 1. The van der Waals surface area contributed by atoms with Crippen molar-refractivity contribution in [3.8, 4) is 0 Å². The number of pyridine rings is 1. The van der Waals surface area contributed by atoms with Crippen molar-refractivity contribution in [3.05, 3.63) is 54.2 Å². The van der Waals surface area contributed by atoms with Crippen molar-refractivity contribution in [2.45, 2.75) is 0 Å². The predicted octanol–water partition coefficient (Wildman–Crippen LogP) is 2.36. The fraction of sp³-hybridized carbons (Fsp3) is 0.0714. The molecule has 3 aromatic rings. The van der Waals surface area contributed by atoms with Crippen LogP contribution < -0.4 is 5.32 Å². The normalized spacial score (nSPS) is 10.7. The molecule has 3 rings (SSSR count). The van der Waals surface area contributed by atoms with E-state index in [1.54, 1.807) is 48.3 Å². The molecule has 5 nitrogen and oxygen atoms in total. The van der Waals surface area contributed by atoms with Crippen LogP contribution in [0.4, 0.5) is 10.3 Å². The Hall–Kier alpha value is -2.76. The smallest absolute Gasteiger partial charge is 0.276 e. The maximum atomic E-state index is 13.7. The van der Waals surface area contributed by atoms with Gasteiger partial charge in [0.05, 0.1) is 0 Å². The highest BCUT2D eigenvalue weighted by atomic mass is 19.1. The second-order valence-electron chi connectivity index (χ2n) is 4.32. The van der Waals surface area contributed by atoms with E-state index in [-0.39, 0.29) is 11.2 Å². The number of benzene rings is 1. The lowest BCUT2D eigenvalue weighted by Crippen LogP contribution is -2.16. The molecule has 1 N–H and O–H groups in total. The Bertz CT molecular complexity index is 797. The minimum atomic E-state index is -0.450. The Morgan fingerprint density at radius 2 is 2.15 bits per heavy atom. The number of nitrogens with zero attached hydrogens (tertiary/aromatic N) is 3. The first kappa shape index (κ1) is 12.3. The standard InChI is InChI=1S/C14H11FN4O/c1-19-8-7-16-14(19)18-13(20)11-6-5-9-3-2-4-10(15)12(9)17-11/h2-8H,1H3,(H,16,18,20). The third-order valence-electron chi connectivity index (χ3n) is 2.95. The van der Waals surface area contributed by atoms with E-state index in [0.29, 0.717) is 11.3 Å². The molecule has 0 saturated carbocycles. The fourth-order valence-corrected chi connectivity index (χ4v) is 1.89. The van der Waals surface area contributed by atoms with Crippen molar-refractivity contribution in [1.82, 2.24) is 14.5 Å². The summed E-state index contributed by atoms with van der Waals surface area (Å²) in [6.07, 6.45) is 3.28. The number of fused-ring (bicyclic) bond motifs is 1. The molecule has 100 valence electrons. The summed E-state index contributed by atoms with van der Waals surface area (Å²) in [5.41, 5.74) is 0.325. The van der Waals surface area contributed by atoms with Crippen molar-refractivity contribution >= 4 is 22.8 Å². The summed E-state index contributed by atoms with van der Waals surface area (Å²) in [6.45, 7) is 0. The van der Waals surface area contributed by atoms with Gasteiger partial charge in [-0.3, -0.25) is 10.1 Å². The van der Waals surface area contributed by atoms with Crippen LogP contribution in [0, 0.1) is 5.82 Å². The third-order valence-corrected chi connectivity index (χ3v) is 2.95. The minimum absolute atomic E-state index is 0.144. The lowest BCUT2D eigenvalue weighted by Gasteiger charge is -2.05. The van der Waals surface area contributed by atoms with Gasteiger partial charge in [-0.2, -0.15) is 0 Å². The van der Waals surface area contributed by atoms with Crippen LogP contribution in [0.5, 0.6) is 0 Å². The van der Waals surface area contributed by atoms with Gasteiger partial charge in [-0.15, -0.1) is 0 Å². The number of amides is 1. The summed E-state index contributed by atoms with van der Waals surface area (Å²) < 4.78 is 15.3. The second-order valence-corrected chi connectivity index (χ2v) is 4.32. The Labute approximate surface area is 114 Å². The average Bonchev–Trinajstić information content (AvgIpc) is 2.84. The highest BCUT2D eigenvalue weighted by Gasteiger charge is 2.12. The van der Waals surface area contributed by atoms with Gasteiger partial charge < -0.3 is 4.57 Å². The number of aromatic nitrogens is 3. The lowest BCUT2D eigenvalue weighted by molar-refractivity contribution is 0.102. The summed E-state index contributed by atoms with van der Waals surface area (Å²) in [5.74, 6) is -0.468. The summed E-state index contributed by atoms with van der Waals surface area (Å²) in [7, 11) is 1.76. The maximum absolute atomic E-state index is 13.7. The molecule has 0 radical (unpaired) electrons. The Balaban J connectivity index is 1.96. The summed E-state index contributed by atoms with van der Waals surface area (Å²) in [4.78, 5) is 20.1. The number of hydrogen-bond acceptors (Lipinski definition) is 3. The Morgan fingerprint density at radius 1 is 1.30 bits per heavy atom. The highest BCUT2D eigenvalue weighted by Crippen LogP contribution is 2.16. The predicted molar refractivity (Wildman–Crippen MR) is 72.9 cm³/mol. The number of nitrogens with one attached hydrogen (secondary N) is 1. The van der Waals surface area contributed by atoms with E-state index < -0.39 is 11.7 Å². The lowest BCUT2D eigenvalue weighted by atomic mass is 10.2. The van der Waals surface area contributed by atoms with E-state index in [2.05, 4.69) is 15.3 Å². The van der Waals surface area contributed by atoms with Gasteiger partial charge in [0, 0.05) is 24.8 Å². The zero-order chi connectivity index (χ0) is 14.1. The minimum Gasteiger partial charge on any atom is -0.320 e. The molecule has 1 aromatic carbocycles. The third kappa shape index (κ3) is 2.11. The first-order valence-electron chi connectivity index (χ1n) is 5.99. The van der Waals surface area contributed by atoms with Crippen LogP contribution in [-0.4, -0.2) is 20.4 Å².